The third kappa shape index (κ3) is 5.67. The summed E-state index contributed by atoms with van der Waals surface area (Å²) >= 11 is 0. The Hall–Kier alpha value is -2.66. The highest BCUT2D eigenvalue weighted by Crippen LogP contribution is 2.23. The van der Waals surface area contributed by atoms with Crippen LogP contribution in [0.2, 0.25) is 0 Å². The summed E-state index contributed by atoms with van der Waals surface area (Å²) in [6.07, 6.45) is 3.71. The number of hydrogen-bond donors (Lipinski definition) is 1. The maximum atomic E-state index is 12.1. The van der Waals surface area contributed by atoms with Gasteiger partial charge in [-0.3, -0.25) is 9.59 Å². The van der Waals surface area contributed by atoms with Crippen LogP contribution in [0.5, 0.6) is 0 Å². The van der Waals surface area contributed by atoms with Crippen molar-refractivity contribution < 1.29 is 14.3 Å². The number of nitrogens with one attached hydrogen (secondary N) is 1. The van der Waals surface area contributed by atoms with Gasteiger partial charge in [0.2, 0.25) is 5.91 Å². The molecule has 5 heteroatoms. The lowest BCUT2D eigenvalue weighted by Gasteiger charge is -2.33. The van der Waals surface area contributed by atoms with Gasteiger partial charge in [-0.25, -0.2) is 0 Å². The quantitative estimate of drug-likeness (QED) is 0.694. The minimum Gasteiger partial charge on any atom is -0.381 e. The van der Waals surface area contributed by atoms with Crippen LogP contribution in [-0.4, -0.2) is 38.0 Å². The maximum Gasteiger partial charge on any atom is 0.224 e. The van der Waals surface area contributed by atoms with E-state index in [2.05, 4.69) is 10.2 Å². The van der Waals surface area contributed by atoms with Crippen molar-refractivity contribution in [3.8, 4) is 0 Å². The SMILES string of the molecule is COC1CCN(c2ccc(NC(=O)CCCC(=O)c3ccccc3)cc2)CC1. The molecule has 1 aliphatic heterocycles. The van der Waals surface area contributed by atoms with Crippen molar-refractivity contribution in [3.63, 3.8) is 0 Å². The minimum absolute atomic E-state index is 0.0606. The molecule has 28 heavy (non-hydrogen) atoms. The molecule has 1 saturated heterocycles. The van der Waals surface area contributed by atoms with E-state index in [0.29, 0.717) is 30.9 Å². The van der Waals surface area contributed by atoms with Crippen molar-refractivity contribution in [2.45, 2.75) is 38.2 Å². The molecule has 1 heterocycles. The lowest BCUT2D eigenvalue weighted by atomic mass is 10.1. The lowest BCUT2D eigenvalue weighted by Crippen LogP contribution is -2.36. The van der Waals surface area contributed by atoms with Crippen LogP contribution < -0.4 is 10.2 Å². The molecule has 2 aromatic carbocycles. The average Bonchev–Trinajstić information content (AvgIpc) is 2.75. The number of hydrogen-bond acceptors (Lipinski definition) is 4. The molecule has 0 spiro atoms. The van der Waals surface area contributed by atoms with Gasteiger partial charge in [-0.1, -0.05) is 30.3 Å². The summed E-state index contributed by atoms with van der Waals surface area (Å²) in [5.41, 5.74) is 2.66. The zero-order valence-corrected chi connectivity index (χ0v) is 16.4. The zero-order valence-electron chi connectivity index (χ0n) is 16.4. The van der Waals surface area contributed by atoms with Crippen LogP contribution in [0, 0.1) is 0 Å². The van der Waals surface area contributed by atoms with E-state index in [-0.39, 0.29) is 11.7 Å². The number of carbonyl (C=O) groups is 2. The number of piperidine rings is 1. The van der Waals surface area contributed by atoms with Gasteiger partial charge in [0.15, 0.2) is 5.78 Å². The molecule has 0 bridgehead atoms. The normalized spacial score (nSPS) is 14.7. The molecule has 0 atom stereocenters. The van der Waals surface area contributed by atoms with Crippen LogP contribution in [0.4, 0.5) is 11.4 Å². The van der Waals surface area contributed by atoms with E-state index in [9.17, 15) is 9.59 Å². The molecule has 5 nitrogen and oxygen atoms in total. The second kappa shape index (κ2) is 10.0. The third-order valence-corrected chi connectivity index (χ3v) is 5.19. The summed E-state index contributed by atoms with van der Waals surface area (Å²) in [5.74, 6) is 0.0181. The molecule has 0 radical (unpaired) electrons. The summed E-state index contributed by atoms with van der Waals surface area (Å²) in [5, 5.41) is 2.91. The first-order valence-electron chi connectivity index (χ1n) is 9.91. The summed E-state index contributed by atoms with van der Waals surface area (Å²) in [4.78, 5) is 26.6. The number of ketones is 1. The molecule has 1 amide bonds. The zero-order chi connectivity index (χ0) is 19.8. The topological polar surface area (TPSA) is 58.6 Å². The first-order valence-corrected chi connectivity index (χ1v) is 9.91. The Morgan fingerprint density at radius 3 is 2.32 bits per heavy atom. The first-order chi connectivity index (χ1) is 13.7. The molecule has 0 saturated carbocycles. The average molecular weight is 380 g/mol. The van der Waals surface area contributed by atoms with Gasteiger partial charge in [-0.05, 0) is 43.5 Å². The highest BCUT2D eigenvalue weighted by atomic mass is 16.5. The molecule has 0 unspecified atom stereocenters. The maximum absolute atomic E-state index is 12.1. The Balaban J connectivity index is 1.41. The Bertz CT molecular complexity index is 766. The van der Waals surface area contributed by atoms with Crippen molar-refractivity contribution in [3.05, 3.63) is 60.2 Å². The largest absolute Gasteiger partial charge is 0.381 e. The van der Waals surface area contributed by atoms with E-state index >= 15 is 0 Å². The molecular weight excluding hydrogens is 352 g/mol. The van der Waals surface area contributed by atoms with Crippen molar-refractivity contribution >= 4 is 23.1 Å². The van der Waals surface area contributed by atoms with E-state index in [1.807, 2.05) is 54.6 Å². The number of carbonyl (C=O) groups excluding carboxylic acids is 2. The van der Waals surface area contributed by atoms with Crippen molar-refractivity contribution in [1.82, 2.24) is 0 Å². The summed E-state index contributed by atoms with van der Waals surface area (Å²) in [7, 11) is 1.77. The molecular formula is C23H28N2O3. The number of amides is 1. The fourth-order valence-corrected chi connectivity index (χ4v) is 3.51. The summed E-state index contributed by atoms with van der Waals surface area (Å²) < 4.78 is 5.41. The number of Topliss-reactive ketones (excluding diaryl/α,β-unsaturated/α-hetero) is 1. The number of ether oxygens (including phenoxy) is 1. The van der Waals surface area contributed by atoms with Gasteiger partial charge < -0.3 is 15.0 Å². The molecule has 148 valence electrons. The second-order valence-corrected chi connectivity index (χ2v) is 7.16. The van der Waals surface area contributed by atoms with Crippen molar-refractivity contribution in [2.24, 2.45) is 0 Å². The first kappa shape index (κ1) is 20.1. The highest BCUT2D eigenvalue weighted by molar-refractivity contribution is 5.96. The van der Waals surface area contributed by atoms with Gasteiger partial charge in [0, 0.05) is 50.0 Å². The Kier molecular flexibility index (Phi) is 7.20. The number of rotatable bonds is 8. The second-order valence-electron chi connectivity index (χ2n) is 7.16. The number of methoxy groups -OCH3 is 1. The Morgan fingerprint density at radius 1 is 1.00 bits per heavy atom. The van der Waals surface area contributed by atoms with Gasteiger partial charge in [0.25, 0.3) is 0 Å². The van der Waals surface area contributed by atoms with Gasteiger partial charge >= 0.3 is 0 Å². The van der Waals surface area contributed by atoms with Crippen LogP contribution in [0.15, 0.2) is 54.6 Å². The summed E-state index contributed by atoms with van der Waals surface area (Å²) in [6, 6.07) is 17.2. The van der Waals surface area contributed by atoms with Crippen molar-refractivity contribution in [1.29, 1.82) is 0 Å². The third-order valence-electron chi connectivity index (χ3n) is 5.19. The summed E-state index contributed by atoms with van der Waals surface area (Å²) in [6.45, 7) is 1.97. The van der Waals surface area contributed by atoms with Gasteiger partial charge in [-0.15, -0.1) is 0 Å². The molecule has 0 aliphatic carbocycles. The molecule has 0 aromatic heterocycles. The van der Waals surface area contributed by atoms with E-state index in [1.165, 1.54) is 5.69 Å². The smallest absolute Gasteiger partial charge is 0.224 e. The molecule has 2 aromatic rings. The van der Waals surface area contributed by atoms with E-state index < -0.39 is 0 Å². The van der Waals surface area contributed by atoms with Crippen LogP contribution in [0.25, 0.3) is 0 Å². The molecule has 3 rings (SSSR count). The fourth-order valence-electron chi connectivity index (χ4n) is 3.51. The number of anilines is 2. The van der Waals surface area contributed by atoms with E-state index in [0.717, 1.165) is 31.6 Å². The number of nitrogens with zero attached hydrogens (tertiary/aromatic N) is 1. The monoisotopic (exact) mass is 380 g/mol. The highest BCUT2D eigenvalue weighted by Gasteiger charge is 2.18. The van der Waals surface area contributed by atoms with Gasteiger partial charge in [-0.2, -0.15) is 0 Å². The number of benzene rings is 2. The fraction of sp³-hybridized carbons (Fsp3) is 0.391. The van der Waals surface area contributed by atoms with E-state index in [4.69, 9.17) is 4.74 Å². The molecule has 1 fully saturated rings. The Morgan fingerprint density at radius 2 is 1.68 bits per heavy atom. The molecule has 1 N–H and O–H groups in total. The van der Waals surface area contributed by atoms with Crippen LogP contribution >= 0.6 is 0 Å². The Labute approximate surface area is 166 Å². The van der Waals surface area contributed by atoms with Crippen LogP contribution in [-0.2, 0) is 9.53 Å². The van der Waals surface area contributed by atoms with E-state index in [1.54, 1.807) is 7.11 Å². The minimum atomic E-state index is -0.0606. The van der Waals surface area contributed by atoms with Crippen LogP contribution in [0.1, 0.15) is 42.5 Å². The van der Waals surface area contributed by atoms with Gasteiger partial charge in [0.1, 0.15) is 0 Å². The predicted molar refractivity (Wildman–Crippen MR) is 112 cm³/mol. The lowest BCUT2D eigenvalue weighted by molar-refractivity contribution is -0.116. The van der Waals surface area contributed by atoms with Gasteiger partial charge in [0.05, 0.1) is 6.10 Å². The predicted octanol–water partition coefficient (Wildman–Crippen LogP) is 4.29. The van der Waals surface area contributed by atoms with Crippen molar-refractivity contribution in [2.75, 3.05) is 30.4 Å². The standard InChI is InChI=1S/C23H28N2O3/c1-28-21-14-16-25(17-15-21)20-12-10-19(11-13-20)24-23(27)9-5-8-22(26)18-6-3-2-4-7-18/h2-4,6-7,10-13,21H,5,8-9,14-17H2,1H3,(H,24,27). The van der Waals surface area contributed by atoms with Crippen LogP contribution in [0.3, 0.4) is 0 Å². The molecule has 1 aliphatic rings.